The molecule has 0 saturated heterocycles. The van der Waals surface area contributed by atoms with Crippen LogP contribution in [-0.2, 0) is 11.2 Å². The van der Waals surface area contributed by atoms with E-state index in [0.717, 1.165) is 24.2 Å². The van der Waals surface area contributed by atoms with E-state index in [1.807, 2.05) is 24.3 Å². The van der Waals surface area contributed by atoms with E-state index in [0.29, 0.717) is 18.6 Å². The highest BCUT2D eigenvalue weighted by molar-refractivity contribution is 14.1. The van der Waals surface area contributed by atoms with Crippen molar-refractivity contribution >= 4 is 28.6 Å². The minimum absolute atomic E-state index is 0.189. The minimum atomic E-state index is 0.189. The molecule has 1 aliphatic carbocycles. The number of carbonyl (C=O) groups is 1. The Kier molecular flexibility index (Phi) is 4.39. The molecule has 0 aliphatic heterocycles. The molecular weight excluding hydrogens is 329 g/mol. The monoisotopic (exact) mass is 345 g/mol. The van der Waals surface area contributed by atoms with E-state index in [4.69, 9.17) is 4.74 Å². The fraction of sp³-hybridized carbons (Fsp3) is 0.462. The summed E-state index contributed by atoms with van der Waals surface area (Å²) in [5.41, 5.74) is 1.05. The molecule has 0 radical (unpaired) electrons. The zero-order valence-corrected chi connectivity index (χ0v) is 11.9. The number of hydrogen-bond donors (Lipinski definition) is 1. The van der Waals surface area contributed by atoms with Crippen molar-refractivity contribution < 1.29 is 9.53 Å². The second kappa shape index (κ2) is 5.82. The molecule has 2 rings (SSSR count). The maximum absolute atomic E-state index is 11.0. The van der Waals surface area contributed by atoms with Gasteiger partial charge in [0.05, 0.1) is 0 Å². The van der Waals surface area contributed by atoms with Crippen LogP contribution in [0.5, 0.6) is 5.75 Å². The fourth-order valence-corrected chi connectivity index (χ4v) is 2.43. The molecule has 0 atom stereocenters. The number of hydrogen-bond acceptors (Lipinski definition) is 3. The Labute approximate surface area is 115 Å². The van der Waals surface area contributed by atoms with Gasteiger partial charge in [0.15, 0.2) is 0 Å². The predicted molar refractivity (Wildman–Crippen MR) is 75.4 cm³/mol. The van der Waals surface area contributed by atoms with Crippen molar-refractivity contribution in [2.45, 2.75) is 38.3 Å². The van der Waals surface area contributed by atoms with Crippen LogP contribution in [0.2, 0.25) is 0 Å². The van der Waals surface area contributed by atoms with Crippen LogP contribution in [0, 0.1) is 0 Å². The lowest BCUT2D eigenvalue weighted by Gasteiger charge is -2.34. The van der Waals surface area contributed by atoms with Crippen molar-refractivity contribution in [1.29, 1.82) is 0 Å². The van der Waals surface area contributed by atoms with Crippen LogP contribution in [0.15, 0.2) is 24.3 Å². The van der Waals surface area contributed by atoms with Crippen LogP contribution >= 0.6 is 22.9 Å². The largest absolute Gasteiger partial charge is 0.490 e. The number of rotatable bonds is 5. The van der Waals surface area contributed by atoms with E-state index >= 15 is 0 Å². The second-order valence-corrected chi connectivity index (χ2v) is 5.16. The second-order valence-electron chi connectivity index (χ2n) is 4.54. The van der Waals surface area contributed by atoms with Gasteiger partial charge in [-0.3, -0.25) is 8.32 Å². The summed E-state index contributed by atoms with van der Waals surface area (Å²) in [5, 5.41) is 0. The first-order valence-electron chi connectivity index (χ1n) is 5.78. The molecule has 0 bridgehead atoms. The Bertz CT molecular complexity index is 385. The van der Waals surface area contributed by atoms with Crippen LogP contribution in [0.1, 0.15) is 25.3 Å². The Morgan fingerprint density at radius 2 is 2.06 bits per heavy atom. The summed E-state index contributed by atoms with van der Waals surface area (Å²) in [6.07, 6.45) is 2.97. The van der Waals surface area contributed by atoms with Crippen molar-refractivity contribution in [2.24, 2.45) is 0 Å². The molecule has 0 heterocycles. The molecule has 3 nitrogen and oxygen atoms in total. The molecule has 4 heteroatoms. The van der Waals surface area contributed by atoms with Crippen LogP contribution in [0.4, 0.5) is 0 Å². The Hall–Kier alpha value is -0.620. The third kappa shape index (κ3) is 3.67. The van der Waals surface area contributed by atoms with E-state index in [2.05, 4.69) is 26.4 Å². The van der Waals surface area contributed by atoms with Gasteiger partial charge in [0, 0.05) is 48.2 Å². The lowest BCUT2D eigenvalue weighted by atomic mass is 9.90. The molecule has 1 aliphatic rings. The molecule has 1 aromatic carbocycles. The van der Waals surface area contributed by atoms with Gasteiger partial charge < -0.3 is 4.74 Å². The van der Waals surface area contributed by atoms with Gasteiger partial charge >= 0.3 is 0 Å². The number of benzene rings is 1. The van der Waals surface area contributed by atoms with Crippen molar-refractivity contribution in [2.75, 3.05) is 0 Å². The quantitative estimate of drug-likeness (QED) is 0.659. The summed E-state index contributed by atoms with van der Waals surface area (Å²) >= 11 is 2.18. The molecule has 17 heavy (non-hydrogen) atoms. The highest BCUT2D eigenvalue weighted by Gasteiger charge is 2.29. The number of carbonyl (C=O) groups excluding carboxylic acids is 1. The van der Waals surface area contributed by atoms with Crippen LogP contribution in [0.3, 0.4) is 0 Å². The SMILES string of the molecule is CC(=O)Cc1ccc(OC2CC(NI)C2)cc1. The molecular formula is C13H16INO2. The first-order valence-corrected chi connectivity index (χ1v) is 6.86. The molecule has 0 aromatic heterocycles. The van der Waals surface area contributed by atoms with E-state index in [1.54, 1.807) is 6.92 Å². The summed E-state index contributed by atoms with van der Waals surface area (Å²) in [6.45, 7) is 1.61. The molecule has 1 saturated carbocycles. The number of ketones is 1. The number of nitrogens with one attached hydrogen (secondary N) is 1. The third-order valence-electron chi connectivity index (χ3n) is 2.93. The molecule has 0 unspecified atom stereocenters. The van der Waals surface area contributed by atoms with Crippen LogP contribution in [-0.4, -0.2) is 17.9 Å². The summed E-state index contributed by atoms with van der Waals surface area (Å²) < 4.78 is 9.01. The smallest absolute Gasteiger partial charge is 0.134 e. The van der Waals surface area contributed by atoms with E-state index in [-0.39, 0.29) is 5.78 Å². The molecule has 1 fully saturated rings. The number of halogens is 1. The lowest BCUT2D eigenvalue weighted by molar-refractivity contribution is -0.116. The van der Waals surface area contributed by atoms with Gasteiger partial charge in [0.1, 0.15) is 17.6 Å². The van der Waals surface area contributed by atoms with Gasteiger partial charge in [0.2, 0.25) is 0 Å². The van der Waals surface area contributed by atoms with Crippen LogP contribution in [0.25, 0.3) is 0 Å². The Balaban J connectivity index is 1.84. The number of ether oxygens (including phenoxy) is 1. The van der Waals surface area contributed by atoms with E-state index in [9.17, 15) is 4.79 Å². The van der Waals surface area contributed by atoms with Gasteiger partial charge in [0.25, 0.3) is 0 Å². The molecule has 0 spiro atoms. The van der Waals surface area contributed by atoms with Crippen molar-refractivity contribution in [1.82, 2.24) is 3.53 Å². The first-order chi connectivity index (χ1) is 8.17. The van der Waals surface area contributed by atoms with Crippen molar-refractivity contribution in [3.05, 3.63) is 29.8 Å². The summed E-state index contributed by atoms with van der Waals surface area (Å²) in [4.78, 5) is 11.0. The van der Waals surface area contributed by atoms with Gasteiger partial charge in [-0.15, -0.1) is 0 Å². The van der Waals surface area contributed by atoms with Gasteiger partial charge in [-0.1, -0.05) is 12.1 Å². The molecule has 1 N–H and O–H groups in total. The highest BCUT2D eigenvalue weighted by Crippen LogP contribution is 2.26. The van der Waals surface area contributed by atoms with Crippen molar-refractivity contribution in [3.8, 4) is 5.75 Å². The minimum Gasteiger partial charge on any atom is -0.490 e. The standard InChI is InChI=1S/C13H16INO2/c1-9(16)6-10-2-4-12(5-3-10)17-13-7-11(8-13)15-14/h2-5,11,13,15H,6-8H2,1H3. The average Bonchev–Trinajstić information content (AvgIpc) is 2.24. The van der Waals surface area contributed by atoms with Crippen molar-refractivity contribution in [3.63, 3.8) is 0 Å². The van der Waals surface area contributed by atoms with Crippen LogP contribution < -0.4 is 8.27 Å². The maximum atomic E-state index is 11.0. The Morgan fingerprint density at radius 3 is 2.59 bits per heavy atom. The van der Waals surface area contributed by atoms with E-state index < -0.39 is 0 Å². The van der Waals surface area contributed by atoms with Gasteiger partial charge in [-0.05, 0) is 24.6 Å². The zero-order chi connectivity index (χ0) is 12.3. The lowest BCUT2D eigenvalue weighted by Crippen LogP contribution is -2.43. The fourth-order valence-electron chi connectivity index (χ4n) is 1.92. The topological polar surface area (TPSA) is 38.3 Å². The number of Topliss-reactive ketones (excluding diaryl/α,β-unsaturated/α-hetero) is 1. The Morgan fingerprint density at radius 1 is 1.41 bits per heavy atom. The van der Waals surface area contributed by atoms with Gasteiger partial charge in [-0.25, -0.2) is 0 Å². The maximum Gasteiger partial charge on any atom is 0.134 e. The third-order valence-corrected chi connectivity index (χ3v) is 3.81. The normalized spacial score (nSPS) is 22.9. The summed E-state index contributed by atoms with van der Waals surface area (Å²) in [5.74, 6) is 1.09. The highest BCUT2D eigenvalue weighted by atomic mass is 127. The summed E-state index contributed by atoms with van der Waals surface area (Å²) in [7, 11) is 0. The first kappa shape index (κ1) is 12.8. The molecule has 0 amide bonds. The zero-order valence-electron chi connectivity index (χ0n) is 9.78. The molecule has 1 aromatic rings. The average molecular weight is 345 g/mol. The summed E-state index contributed by atoms with van der Waals surface area (Å²) in [6, 6.07) is 8.41. The molecule has 92 valence electrons. The van der Waals surface area contributed by atoms with Gasteiger partial charge in [-0.2, -0.15) is 0 Å². The van der Waals surface area contributed by atoms with E-state index in [1.165, 1.54) is 0 Å². The predicted octanol–water partition coefficient (Wildman–Crippen LogP) is 2.67.